The Balaban J connectivity index is 1.41. The van der Waals surface area contributed by atoms with Gasteiger partial charge in [-0.2, -0.15) is 0 Å². The van der Waals surface area contributed by atoms with Crippen LogP contribution in [0, 0.1) is 0 Å². The van der Waals surface area contributed by atoms with E-state index in [1.54, 1.807) is 36.4 Å². The fraction of sp³-hybridized carbons (Fsp3) is 0.192. The third kappa shape index (κ3) is 4.68. The lowest BCUT2D eigenvalue weighted by Crippen LogP contribution is -2.29. The zero-order chi connectivity index (χ0) is 23.8. The highest BCUT2D eigenvalue weighted by Crippen LogP contribution is 2.34. The molecule has 0 radical (unpaired) electrons. The van der Waals surface area contributed by atoms with E-state index in [1.165, 1.54) is 12.1 Å². The van der Waals surface area contributed by atoms with Gasteiger partial charge in [0, 0.05) is 10.0 Å². The molecule has 0 N–H and O–H groups in total. The molecule has 1 aliphatic heterocycles. The number of anilines is 1. The summed E-state index contributed by atoms with van der Waals surface area (Å²) >= 11 is 3.47. The van der Waals surface area contributed by atoms with Gasteiger partial charge in [-0.1, -0.05) is 48.8 Å². The van der Waals surface area contributed by atoms with Gasteiger partial charge in [0.2, 0.25) is 0 Å². The quantitative estimate of drug-likeness (QED) is 0.258. The number of rotatable bonds is 5. The van der Waals surface area contributed by atoms with E-state index < -0.39 is 5.97 Å². The molecule has 7 heteroatoms. The van der Waals surface area contributed by atoms with Gasteiger partial charge in [-0.3, -0.25) is 9.59 Å². The largest absolute Gasteiger partial charge is 0.482 e. The molecule has 0 fully saturated rings. The molecular weight excluding hydrogens is 486 g/mol. The SMILES string of the molecule is CC(C)(C)c1cc(Br)ccc1OCC(=O)Oc1ccc(N2C(=O)c3ccccc3C2=O)cc1. The van der Waals surface area contributed by atoms with Crippen LogP contribution in [-0.2, 0) is 10.2 Å². The number of halogens is 1. The van der Waals surface area contributed by atoms with E-state index in [4.69, 9.17) is 9.47 Å². The van der Waals surface area contributed by atoms with Gasteiger partial charge in [-0.05, 0) is 60.0 Å². The minimum Gasteiger partial charge on any atom is -0.482 e. The number of benzene rings is 3. The molecule has 0 aliphatic carbocycles. The standard InChI is InChI=1S/C26H22BrNO5/c1-26(2,3)21-14-16(27)8-13-22(21)32-15-23(29)33-18-11-9-17(10-12-18)28-24(30)19-6-4-5-7-20(19)25(28)31/h4-14H,15H2,1-3H3. The van der Waals surface area contributed by atoms with Crippen molar-refractivity contribution in [3.63, 3.8) is 0 Å². The first kappa shape index (κ1) is 22.7. The van der Waals surface area contributed by atoms with Gasteiger partial charge in [0.05, 0.1) is 16.8 Å². The van der Waals surface area contributed by atoms with Crippen LogP contribution >= 0.6 is 15.9 Å². The molecular formula is C26H22BrNO5. The lowest BCUT2D eigenvalue weighted by molar-refractivity contribution is -0.136. The smallest absolute Gasteiger partial charge is 0.349 e. The van der Waals surface area contributed by atoms with Crippen LogP contribution < -0.4 is 14.4 Å². The Morgan fingerprint density at radius 3 is 2.09 bits per heavy atom. The molecule has 1 heterocycles. The van der Waals surface area contributed by atoms with E-state index in [2.05, 4.69) is 36.7 Å². The summed E-state index contributed by atoms with van der Waals surface area (Å²) in [5.41, 5.74) is 1.95. The van der Waals surface area contributed by atoms with Crippen LogP contribution in [0.3, 0.4) is 0 Å². The highest BCUT2D eigenvalue weighted by Gasteiger charge is 2.36. The van der Waals surface area contributed by atoms with Crippen LogP contribution in [-0.4, -0.2) is 24.4 Å². The summed E-state index contributed by atoms with van der Waals surface area (Å²) in [5.74, 6) is -0.415. The molecule has 3 aromatic carbocycles. The predicted molar refractivity (Wildman–Crippen MR) is 128 cm³/mol. The number of carbonyl (C=O) groups is 3. The minimum absolute atomic E-state index is 0.164. The molecule has 0 unspecified atom stereocenters. The van der Waals surface area contributed by atoms with Crippen molar-refractivity contribution in [3.05, 3.63) is 87.9 Å². The molecule has 6 nitrogen and oxygen atoms in total. The van der Waals surface area contributed by atoms with Crippen LogP contribution in [0.15, 0.2) is 71.2 Å². The Morgan fingerprint density at radius 2 is 1.52 bits per heavy atom. The molecule has 0 spiro atoms. The molecule has 33 heavy (non-hydrogen) atoms. The predicted octanol–water partition coefficient (Wildman–Crippen LogP) is 5.53. The third-order valence-corrected chi connectivity index (χ3v) is 5.71. The van der Waals surface area contributed by atoms with Gasteiger partial charge in [0.1, 0.15) is 11.5 Å². The first-order valence-electron chi connectivity index (χ1n) is 10.4. The molecule has 0 aromatic heterocycles. The zero-order valence-electron chi connectivity index (χ0n) is 18.4. The lowest BCUT2D eigenvalue weighted by Gasteiger charge is -2.23. The fourth-order valence-electron chi connectivity index (χ4n) is 3.60. The van der Waals surface area contributed by atoms with Crippen molar-refractivity contribution in [3.8, 4) is 11.5 Å². The second-order valence-electron chi connectivity index (χ2n) is 8.64. The first-order valence-corrected chi connectivity index (χ1v) is 11.2. The first-order chi connectivity index (χ1) is 15.6. The van der Waals surface area contributed by atoms with Crippen molar-refractivity contribution in [1.82, 2.24) is 0 Å². The normalized spacial score (nSPS) is 13.2. The molecule has 4 rings (SSSR count). The summed E-state index contributed by atoms with van der Waals surface area (Å²) in [5, 5.41) is 0. The molecule has 3 aromatic rings. The van der Waals surface area contributed by atoms with Crippen molar-refractivity contribution in [2.75, 3.05) is 11.5 Å². The average molecular weight is 508 g/mol. The molecule has 1 aliphatic rings. The van der Waals surface area contributed by atoms with Gasteiger partial charge in [-0.15, -0.1) is 0 Å². The summed E-state index contributed by atoms with van der Waals surface area (Å²) in [6.07, 6.45) is 0. The van der Waals surface area contributed by atoms with Crippen LogP contribution in [0.4, 0.5) is 5.69 Å². The van der Waals surface area contributed by atoms with Gasteiger partial charge in [0.25, 0.3) is 11.8 Å². The monoisotopic (exact) mass is 507 g/mol. The third-order valence-electron chi connectivity index (χ3n) is 5.22. The van der Waals surface area contributed by atoms with Crippen molar-refractivity contribution in [2.24, 2.45) is 0 Å². The summed E-state index contributed by atoms with van der Waals surface area (Å²) in [6.45, 7) is 5.94. The Morgan fingerprint density at radius 1 is 0.909 bits per heavy atom. The van der Waals surface area contributed by atoms with E-state index in [9.17, 15) is 14.4 Å². The number of fused-ring (bicyclic) bond motifs is 1. The van der Waals surface area contributed by atoms with Gasteiger partial charge in [-0.25, -0.2) is 9.69 Å². The maximum atomic E-state index is 12.6. The van der Waals surface area contributed by atoms with Crippen LogP contribution in [0.5, 0.6) is 11.5 Å². The fourth-order valence-corrected chi connectivity index (χ4v) is 3.96. The number of amides is 2. The summed E-state index contributed by atoms with van der Waals surface area (Å²) in [4.78, 5) is 38.7. The second-order valence-corrected chi connectivity index (χ2v) is 9.55. The Kier molecular flexibility index (Phi) is 6.08. The van der Waals surface area contributed by atoms with E-state index in [0.29, 0.717) is 22.6 Å². The Bertz CT molecular complexity index is 1210. The summed E-state index contributed by atoms with van der Waals surface area (Å²) < 4.78 is 12.0. The molecule has 0 saturated carbocycles. The maximum absolute atomic E-state index is 12.6. The number of nitrogens with zero attached hydrogens (tertiary/aromatic N) is 1. The van der Waals surface area contributed by atoms with E-state index in [1.807, 2.05) is 18.2 Å². The number of hydrogen-bond donors (Lipinski definition) is 0. The molecule has 168 valence electrons. The van der Waals surface area contributed by atoms with Crippen molar-refractivity contribution >= 4 is 39.4 Å². The van der Waals surface area contributed by atoms with Crippen molar-refractivity contribution in [1.29, 1.82) is 0 Å². The number of hydrogen-bond acceptors (Lipinski definition) is 5. The Labute approximate surface area is 200 Å². The van der Waals surface area contributed by atoms with Crippen molar-refractivity contribution in [2.45, 2.75) is 26.2 Å². The number of ether oxygens (including phenoxy) is 2. The molecule has 0 bridgehead atoms. The van der Waals surface area contributed by atoms with Gasteiger partial charge in [0.15, 0.2) is 6.61 Å². The van der Waals surface area contributed by atoms with E-state index >= 15 is 0 Å². The van der Waals surface area contributed by atoms with Crippen LogP contribution in [0.2, 0.25) is 0 Å². The molecule has 0 atom stereocenters. The summed E-state index contributed by atoms with van der Waals surface area (Å²) in [6, 6.07) is 18.5. The number of esters is 1. The zero-order valence-corrected chi connectivity index (χ0v) is 20.0. The topological polar surface area (TPSA) is 72.9 Å². The second kappa shape index (κ2) is 8.83. The van der Waals surface area contributed by atoms with Crippen molar-refractivity contribution < 1.29 is 23.9 Å². The highest BCUT2D eigenvalue weighted by molar-refractivity contribution is 9.10. The van der Waals surface area contributed by atoms with E-state index in [0.717, 1.165) is 14.9 Å². The Hall–Kier alpha value is -3.45. The summed E-state index contributed by atoms with van der Waals surface area (Å²) in [7, 11) is 0. The number of carbonyl (C=O) groups excluding carboxylic acids is 3. The van der Waals surface area contributed by atoms with Gasteiger partial charge < -0.3 is 9.47 Å². The maximum Gasteiger partial charge on any atom is 0.349 e. The highest BCUT2D eigenvalue weighted by atomic mass is 79.9. The van der Waals surface area contributed by atoms with E-state index in [-0.39, 0.29) is 29.6 Å². The lowest BCUT2D eigenvalue weighted by atomic mass is 9.86. The molecule has 2 amide bonds. The number of imide groups is 1. The molecule has 0 saturated heterocycles. The minimum atomic E-state index is -0.564. The average Bonchev–Trinajstić information content (AvgIpc) is 3.03. The van der Waals surface area contributed by atoms with Crippen LogP contribution in [0.1, 0.15) is 47.1 Å². The van der Waals surface area contributed by atoms with Crippen LogP contribution in [0.25, 0.3) is 0 Å². The van der Waals surface area contributed by atoms with Gasteiger partial charge >= 0.3 is 5.97 Å².